The Kier molecular flexibility index (Phi) is 7.32. The molecule has 0 radical (unpaired) electrons. The van der Waals surface area contributed by atoms with Crippen LogP contribution >= 0.6 is 11.3 Å². The predicted octanol–water partition coefficient (Wildman–Crippen LogP) is 5.59. The molecule has 1 aliphatic rings. The Labute approximate surface area is 210 Å². The number of phenolic OH excluding ortho intramolecular Hbond substituents is 1. The van der Waals surface area contributed by atoms with E-state index in [1.807, 2.05) is 17.9 Å². The predicted molar refractivity (Wildman–Crippen MR) is 140 cm³/mol. The third kappa shape index (κ3) is 5.76. The van der Waals surface area contributed by atoms with E-state index in [9.17, 15) is 18.3 Å². The van der Waals surface area contributed by atoms with E-state index in [-0.39, 0.29) is 16.7 Å². The number of piperidine rings is 1. The van der Waals surface area contributed by atoms with Crippen molar-refractivity contribution < 1.29 is 18.3 Å². The first-order valence-electron chi connectivity index (χ1n) is 11.6. The average Bonchev–Trinajstić information content (AvgIpc) is 3.20. The topological polar surface area (TPSA) is 112 Å². The van der Waals surface area contributed by atoms with Crippen LogP contribution in [0.1, 0.15) is 37.4 Å². The summed E-state index contributed by atoms with van der Waals surface area (Å²) in [5.74, 6) is 0.739. The Morgan fingerprint density at radius 1 is 1.14 bits per heavy atom. The lowest BCUT2D eigenvalue weighted by atomic mass is 9.95. The van der Waals surface area contributed by atoms with Gasteiger partial charge in [0.1, 0.15) is 5.75 Å². The van der Waals surface area contributed by atoms with E-state index >= 15 is 0 Å². The van der Waals surface area contributed by atoms with Crippen LogP contribution in [0, 0.1) is 19.8 Å². The van der Waals surface area contributed by atoms with E-state index in [1.165, 1.54) is 35.6 Å². The second kappa shape index (κ2) is 10.2. The highest BCUT2D eigenvalue weighted by Crippen LogP contribution is 2.35. The number of thiazole rings is 1. The molecule has 1 saturated heterocycles. The van der Waals surface area contributed by atoms with Crippen LogP contribution in [0.2, 0.25) is 0 Å². The summed E-state index contributed by atoms with van der Waals surface area (Å²) < 4.78 is 28.8. The summed E-state index contributed by atoms with van der Waals surface area (Å²) in [6.07, 6.45) is 3.18. The fourth-order valence-electron chi connectivity index (χ4n) is 4.20. The fourth-order valence-corrected chi connectivity index (χ4v) is 6.49. The molecule has 35 heavy (non-hydrogen) atoms. The molecule has 0 bridgehead atoms. The van der Waals surface area contributed by atoms with Gasteiger partial charge in [-0.05, 0) is 74.1 Å². The number of nitrogens with one attached hydrogen (secondary N) is 2. The number of aromatic nitrogens is 1. The monoisotopic (exact) mass is 514 g/mol. The summed E-state index contributed by atoms with van der Waals surface area (Å²) in [6.45, 7) is 7.26. The molecular formula is C25H30N4O4S2. The Morgan fingerprint density at radius 2 is 1.83 bits per heavy atom. The molecule has 2 aromatic carbocycles. The maximum absolute atomic E-state index is 13.1. The molecule has 4 rings (SSSR count). The Hall–Kier alpha value is -3.11. The molecule has 0 aliphatic carbocycles. The molecule has 0 atom stereocenters. The summed E-state index contributed by atoms with van der Waals surface area (Å²) >= 11 is 1.33. The standard InChI is InChI=1S/C25H30N4O4S2/c1-4-18-11-13-29(14-12-18)25(31)27-24-26-17(3)23(34-24)19-6-5-16(2)22(15-19)35(32,33)28-20-7-9-21(30)10-8-20/h5-10,15,18,28,30H,4,11-14H2,1-3H3,(H,26,27,31). The van der Waals surface area contributed by atoms with E-state index in [4.69, 9.17) is 0 Å². The molecule has 3 N–H and O–H groups in total. The number of phenols is 1. The zero-order chi connectivity index (χ0) is 25.2. The Bertz CT molecular complexity index is 1310. The van der Waals surface area contributed by atoms with Gasteiger partial charge in [0.05, 0.1) is 15.5 Å². The van der Waals surface area contributed by atoms with Crippen LogP contribution in [0.5, 0.6) is 5.75 Å². The van der Waals surface area contributed by atoms with Gasteiger partial charge >= 0.3 is 6.03 Å². The van der Waals surface area contributed by atoms with Crippen molar-refractivity contribution in [2.24, 2.45) is 5.92 Å². The van der Waals surface area contributed by atoms with Crippen molar-refractivity contribution in [1.82, 2.24) is 9.88 Å². The van der Waals surface area contributed by atoms with E-state index in [0.29, 0.717) is 33.6 Å². The molecule has 1 aliphatic heterocycles. The largest absolute Gasteiger partial charge is 0.508 e. The summed E-state index contributed by atoms with van der Waals surface area (Å²) in [6, 6.07) is 10.9. The van der Waals surface area contributed by atoms with Gasteiger partial charge in [-0.3, -0.25) is 10.0 Å². The Balaban J connectivity index is 1.53. The van der Waals surface area contributed by atoms with Crippen molar-refractivity contribution in [1.29, 1.82) is 0 Å². The third-order valence-corrected chi connectivity index (χ3v) is 8.99. The highest BCUT2D eigenvalue weighted by molar-refractivity contribution is 7.92. The minimum absolute atomic E-state index is 0.0557. The number of benzene rings is 2. The number of carbonyl (C=O) groups is 1. The van der Waals surface area contributed by atoms with Gasteiger partial charge in [0.15, 0.2) is 5.13 Å². The van der Waals surface area contributed by atoms with Gasteiger partial charge in [-0.2, -0.15) is 0 Å². The number of urea groups is 1. The molecule has 10 heteroatoms. The number of hydrogen-bond acceptors (Lipinski definition) is 6. The number of sulfonamides is 1. The zero-order valence-electron chi connectivity index (χ0n) is 20.0. The number of aromatic hydroxyl groups is 1. The van der Waals surface area contributed by atoms with Crippen LogP contribution in [0.4, 0.5) is 15.6 Å². The van der Waals surface area contributed by atoms with Gasteiger partial charge in [0.25, 0.3) is 10.0 Å². The summed E-state index contributed by atoms with van der Waals surface area (Å²) in [5, 5.41) is 12.9. The average molecular weight is 515 g/mol. The zero-order valence-corrected chi connectivity index (χ0v) is 21.7. The Morgan fingerprint density at radius 3 is 2.49 bits per heavy atom. The van der Waals surface area contributed by atoms with Crippen molar-refractivity contribution in [2.45, 2.75) is 44.9 Å². The SMILES string of the molecule is CCC1CCN(C(=O)Nc2nc(C)c(-c3ccc(C)c(S(=O)(=O)Nc4ccc(O)cc4)c3)s2)CC1. The fraction of sp³-hybridized carbons (Fsp3) is 0.360. The lowest BCUT2D eigenvalue weighted by Crippen LogP contribution is -2.40. The van der Waals surface area contributed by atoms with Crippen molar-refractivity contribution in [2.75, 3.05) is 23.1 Å². The maximum Gasteiger partial charge on any atom is 0.323 e. The summed E-state index contributed by atoms with van der Waals surface area (Å²) in [4.78, 5) is 20.0. The third-order valence-electron chi connectivity index (χ3n) is 6.35. The van der Waals surface area contributed by atoms with Gasteiger partial charge in [0, 0.05) is 18.8 Å². The number of nitrogens with zero attached hydrogens (tertiary/aromatic N) is 2. The highest BCUT2D eigenvalue weighted by atomic mass is 32.2. The molecule has 2 heterocycles. The first-order chi connectivity index (χ1) is 16.7. The van der Waals surface area contributed by atoms with Crippen molar-refractivity contribution in [3.05, 3.63) is 53.7 Å². The molecule has 0 unspecified atom stereocenters. The second-order valence-electron chi connectivity index (χ2n) is 8.84. The number of rotatable bonds is 6. The highest BCUT2D eigenvalue weighted by Gasteiger charge is 2.24. The number of hydrogen-bond donors (Lipinski definition) is 3. The first kappa shape index (κ1) is 25.0. The lowest BCUT2D eigenvalue weighted by molar-refractivity contribution is 0.181. The molecule has 1 fully saturated rings. The van der Waals surface area contributed by atoms with Crippen molar-refractivity contribution >= 4 is 38.2 Å². The molecule has 186 valence electrons. The number of anilines is 2. The molecular weight excluding hydrogens is 484 g/mol. The lowest BCUT2D eigenvalue weighted by Gasteiger charge is -2.31. The quantitative estimate of drug-likeness (QED) is 0.372. The smallest absolute Gasteiger partial charge is 0.323 e. The second-order valence-corrected chi connectivity index (χ2v) is 11.5. The number of amides is 2. The van der Waals surface area contributed by atoms with Crippen LogP contribution < -0.4 is 10.0 Å². The first-order valence-corrected chi connectivity index (χ1v) is 13.9. The van der Waals surface area contributed by atoms with E-state index in [1.54, 1.807) is 19.1 Å². The molecule has 8 nitrogen and oxygen atoms in total. The molecule has 0 saturated carbocycles. The summed E-state index contributed by atoms with van der Waals surface area (Å²) in [5.41, 5.74) is 2.38. The molecule has 2 amide bonds. The van der Waals surface area contributed by atoms with Crippen LogP contribution in [0.15, 0.2) is 47.4 Å². The molecule has 1 aromatic heterocycles. The van der Waals surface area contributed by atoms with Crippen LogP contribution in [0.25, 0.3) is 10.4 Å². The van der Waals surface area contributed by atoms with Gasteiger partial charge in [-0.1, -0.05) is 36.8 Å². The number of likely N-dealkylation sites (tertiary alicyclic amines) is 1. The maximum atomic E-state index is 13.1. The minimum Gasteiger partial charge on any atom is -0.508 e. The van der Waals surface area contributed by atoms with Crippen molar-refractivity contribution in [3.8, 4) is 16.2 Å². The van der Waals surface area contributed by atoms with E-state index in [2.05, 4.69) is 21.9 Å². The number of aryl methyl sites for hydroxylation is 2. The molecule has 0 spiro atoms. The molecule has 3 aromatic rings. The van der Waals surface area contributed by atoms with E-state index in [0.717, 1.165) is 37.2 Å². The van der Waals surface area contributed by atoms with E-state index < -0.39 is 10.0 Å². The summed E-state index contributed by atoms with van der Waals surface area (Å²) in [7, 11) is -3.86. The van der Waals surface area contributed by atoms with Crippen LogP contribution in [-0.2, 0) is 10.0 Å². The van der Waals surface area contributed by atoms with Gasteiger partial charge < -0.3 is 10.0 Å². The normalized spacial score (nSPS) is 14.7. The van der Waals surface area contributed by atoms with Gasteiger partial charge in [-0.15, -0.1) is 0 Å². The van der Waals surface area contributed by atoms with Gasteiger partial charge in [0.2, 0.25) is 0 Å². The minimum atomic E-state index is -3.86. The van der Waals surface area contributed by atoms with Crippen molar-refractivity contribution in [3.63, 3.8) is 0 Å². The number of carbonyl (C=O) groups excluding carboxylic acids is 1. The van der Waals surface area contributed by atoms with Crippen LogP contribution in [-0.4, -0.2) is 42.5 Å². The van der Waals surface area contributed by atoms with Crippen LogP contribution in [0.3, 0.4) is 0 Å². The van der Waals surface area contributed by atoms with Gasteiger partial charge in [-0.25, -0.2) is 18.2 Å².